The highest BCUT2D eigenvalue weighted by Crippen LogP contribution is 2.38. The third kappa shape index (κ3) is 5.73. The molecule has 4 nitrogen and oxygen atoms in total. The number of aromatic nitrogens is 3. The second kappa shape index (κ2) is 12.9. The number of nitrogens with zero attached hydrogens (tertiary/aromatic N) is 3. The zero-order valence-electron chi connectivity index (χ0n) is 28.6. The molecule has 248 valence electrons. The summed E-state index contributed by atoms with van der Waals surface area (Å²) in [6, 6.07) is 65.2. The van der Waals surface area contributed by atoms with E-state index in [0.717, 1.165) is 71.7 Å². The van der Waals surface area contributed by atoms with E-state index in [1.165, 1.54) is 11.1 Å². The summed E-state index contributed by atoms with van der Waals surface area (Å²) >= 11 is 0. The summed E-state index contributed by atoms with van der Waals surface area (Å²) in [6.07, 6.45) is 0. The molecule has 0 unspecified atom stereocenters. The van der Waals surface area contributed by atoms with Crippen LogP contribution in [0.4, 0.5) is 0 Å². The number of rotatable bonds is 6. The summed E-state index contributed by atoms with van der Waals surface area (Å²) in [7, 11) is 0. The van der Waals surface area contributed by atoms with Crippen LogP contribution in [0.25, 0.3) is 100 Å². The first-order chi connectivity index (χ1) is 26.2. The molecular formula is C49H31N3O. The summed E-state index contributed by atoms with van der Waals surface area (Å²) in [5, 5.41) is 4.43. The largest absolute Gasteiger partial charge is 0.456 e. The second-order valence-electron chi connectivity index (χ2n) is 13.3. The van der Waals surface area contributed by atoms with Crippen LogP contribution in [0.3, 0.4) is 0 Å². The van der Waals surface area contributed by atoms with E-state index in [2.05, 4.69) is 164 Å². The Labute approximate surface area is 306 Å². The SMILES string of the molecule is c1ccc(-c2cccc(-c3nc(-c4ccc5ccc(-c6ccccc6)cc5c4)nc(-c4ccc5c(c4)oc4cccc(-c6ccccc6)c45)n3)c2)cc1. The Kier molecular flexibility index (Phi) is 7.43. The molecule has 0 amide bonds. The van der Waals surface area contributed by atoms with Crippen LogP contribution in [-0.4, -0.2) is 15.0 Å². The van der Waals surface area contributed by atoms with Crippen molar-refractivity contribution in [2.75, 3.05) is 0 Å². The summed E-state index contributed by atoms with van der Waals surface area (Å²) in [5.74, 6) is 1.80. The number of hydrogen-bond donors (Lipinski definition) is 0. The van der Waals surface area contributed by atoms with Crippen LogP contribution in [0, 0.1) is 0 Å². The molecule has 2 heterocycles. The van der Waals surface area contributed by atoms with Gasteiger partial charge in [0.2, 0.25) is 0 Å². The predicted molar refractivity (Wildman–Crippen MR) is 217 cm³/mol. The number of benzene rings is 8. The van der Waals surface area contributed by atoms with Gasteiger partial charge in [0.15, 0.2) is 17.5 Å². The molecule has 8 aromatic carbocycles. The van der Waals surface area contributed by atoms with Crippen molar-refractivity contribution in [3.05, 3.63) is 188 Å². The van der Waals surface area contributed by atoms with Crippen molar-refractivity contribution in [2.45, 2.75) is 0 Å². The van der Waals surface area contributed by atoms with Crippen molar-refractivity contribution in [1.29, 1.82) is 0 Å². The highest BCUT2D eigenvalue weighted by Gasteiger charge is 2.17. The van der Waals surface area contributed by atoms with E-state index in [-0.39, 0.29) is 0 Å². The summed E-state index contributed by atoms with van der Waals surface area (Å²) in [5.41, 5.74) is 11.2. The molecule has 10 aromatic rings. The molecule has 0 saturated heterocycles. The molecule has 0 bridgehead atoms. The fraction of sp³-hybridized carbons (Fsp3) is 0. The van der Waals surface area contributed by atoms with E-state index in [0.29, 0.717) is 17.5 Å². The maximum Gasteiger partial charge on any atom is 0.164 e. The molecule has 0 spiro atoms. The molecule has 0 atom stereocenters. The van der Waals surface area contributed by atoms with Crippen molar-refractivity contribution in [1.82, 2.24) is 15.0 Å². The van der Waals surface area contributed by atoms with Gasteiger partial charge in [0.1, 0.15) is 11.2 Å². The van der Waals surface area contributed by atoms with Gasteiger partial charge in [-0.3, -0.25) is 0 Å². The van der Waals surface area contributed by atoms with Crippen molar-refractivity contribution < 1.29 is 4.42 Å². The van der Waals surface area contributed by atoms with Gasteiger partial charge in [-0.25, -0.2) is 15.0 Å². The Bertz CT molecular complexity index is 2940. The smallest absolute Gasteiger partial charge is 0.164 e. The Morgan fingerprint density at radius 3 is 1.47 bits per heavy atom. The summed E-state index contributed by atoms with van der Waals surface area (Å²) < 4.78 is 6.50. The second-order valence-corrected chi connectivity index (χ2v) is 13.3. The van der Waals surface area contributed by atoms with Gasteiger partial charge in [-0.1, -0.05) is 152 Å². The first kappa shape index (κ1) is 30.6. The molecule has 0 aliphatic carbocycles. The van der Waals surface area contributed by atoms with Crippen LogP contribution in [0.15, 0.2) is 192 Å². The lowest BCUT2D eigenvalue weighted by Gasteiger charge is -2.11. The molecule has 0 N–H and O–H groups in total. The molecule has 53 heavy (non-hydrogen) atoms. The van der Waals surface area contributed by atoms with Crippen LogP contribution in [0.1, 0.15) is 0 Å². The molecule has 2 aromatic heterocycles. The lowest BCUT2D eigenvalue weighted by molar-refractivity contribution is 0.669. The van der Waals surface area contributed by atoms with Gasteiger partial charge in [-0.2, -0.15) is 0 Å². The quantitative estimate of drug-likeness (QED) is 0.176. The van der Waals surface area contributed by atoms with Crippen LogP contribution in [0.5, 0.6) is 0 Å². The van der Waals surface area contributed by atoms with Gasteiger partial charge in [0, 0.05) is 27.5 Å². The lowest BCUT2D eigenvalue weighted by atomic mass is 9.99. The average molecular weight is 678 g/mol. The van der Waals surface area contributed by atoms with Crippen molar-refractivity contribution in [2.24, 2.45) is 0 Å². The fourth-order valence-electron chi connectivity index (χ4n) is 7.25. The van der Waals surface area contributed by atoms with E-state index < -0.39 is 0 Å². The van der Waals surface area contributed by atoms with Gasteiger partial charge in [0.25, 0.3) is 0 Å². The van der Waals surface area contributed by atoms with E-state index in [1.807, 2.05) is 24.3 Å². The maximum atomic E-state index is 6.50. The summed E-state index contributed by atoms with van der Waals surface area (Å²) in [6.45, 7) is 0. The third-order valence-corrected chi connectivity index (χ3v) is 9.91. The Morgan fingerprint density at radius 1 is 0.302 bits per heavy atom. The first-order valence-corrected chi connectivity index (χ1v) is 17.8. The van der Waals surface area contributed by atoms with Gasteiger partial charge in [0.05, 0.1) is 0 Å². The molecule has 10 rings (SSSR count). The minimum atomic E-state index is 0.582. The number of fused-ring (bicyclic) bond motifs is 4. The van der Waals surface area contributed by atoms with Crippen LogP contribution >= 0.6 is 0 Å². The lowest BCUT2D eigenvalue weighted by Crippen LogP contribution is -2.00. The maximum absolute atomic E-state index is 6.50. The van der Waals surface area contributed by atoms with Crippen molar-refractivity contribution in [3.8, 4) is 67.5 Å². The standard InChI is InChI=1S/C49H31N3O/c1-4-12-32(13-5-1)36-18-10-19-38(28-36)47-50-48(39-25-23-34-22-24-37(29-41(34)30-39)33-14-6-2-7-15-33)52-49(51-47)40-26-27-43-45(31-40)53-44-21-11-20-42(46(43)44)35-16-8-3-9-17-35/h1-31H. The molecular weight excluding hydrogens is 647 g/mol. The molecule has 0 saturated carbocycles. The van der Waals surface area contributed by atoms with Crippen LogP contribution in [0.2, 0.25) is 0 Å². The van der Waals surface area contributed by atoms with E-state index in [4.69, 9.17) is 19.4 Å². The molecule has 0 aliphatic heterocycles. The van der Waals surface area contributed by atoms with Crippen molar-refractivity contribution in [3.63, 3.8) is 0 Å². The van der Waals surface area contributed by atoms with E-state index in [1.54, 1.807) is 0 Å². The number of furan rings is 1. The van der Waals surface area contributed by atoms with Crippen LogP contribution < -0.4 is 0 Å². The van der Waals surface area contributed by atoms with Gasteiger partial charge < -0.3 is 4.42 Å². The highest BCUT2D eigenvalue weighted by molar-refractivity contribution is 6.13. The normalized spacial score (nSPS) is 11.4. The summed E-state index contributed by atoms with van der Waals surface area (Å²) in [4.78, 5) is 15.4. The minimum Gasteiger partial charge on any atom is -0.456 e. The zero-order valence-corrected chi connectivity index (χ0v) is 28.6. The Balaban J connectivity index is 1.13. The Hall–Kier alpha value is -7.17. The molecule has 0 aliphatic rings. The average Bonchev–Trinajstić information content (AvgIpc) is 3.62. The van der Waals surface area contributed by atoms with Crippen molar-refractivity contribution >= 4 is 32.7 Å². The monoisotopic (exact) mass is 677 g/mol. The highest BCUT2D eigenvalue weighted by atomic mass is 16.3. The predicted octanol–water partition coefficient (Wildman–Crippen LogP) is 12.9. The van der Waals surface area contributed by atoms with Crippen LogP contribution in [-0.2, 0) is 0 Å². The topological polar surface area (TPSA) is 51.8 Å². The Morgan fingerprint density at radius 2 is 0.792 bits per heavy atom. The van der Waals surface area contributed by atoms with E-state index in [9.17, 15) is 0 Å². The van der Waals surface area contributed by atoms with Gasteiger partial charge >= 0.3 is 0 Å². The first-order valence-electron chi connectivity index (χ1n) is 17.8. The fourth-order valence-corrected chi connectivity index (χ4v) is 7.25. The third-order valence-electron chi connectivity index (χ3n) is 9.91. The number of hydrogen-bond acceptors (Lipinski definition) is 4. The zero-order chi connectivity index (χ0) is 35.1. The molecule has 4 heteroatoms. The molecule has 0 fully saturated rings. The minimum absolute atomic E-state index is 0.582. The van der Waals surface area contributed by atoms with Gasteiger partial charge in [-0.15, -0.1) is 0 Å². The van der Waals surface area contributed by atoms with E-state index >= 15 is 0 Å². The molecule has 0 radical (unpaired) electrons. The van der Waals surface area contributed by atoms with Gasteiger partial charge in [-0.05, 0) is 80.6 Å².